The zero-order chi connectivity index (χ0) is 20.6. The molecule has 4 rings (SSSR count). The van der Waals surface area contributed by atoms with Crippen molar-refractivity contribution in [3.8, 4) is 0 Å². The summed E-state index contributed by atoms with van der Waals surface area (Å²) in [6.07, 6.45) is 3.43. The van der Waals surface area contributed by atoms with Crippen molar-refractivity contribution in [2.24, 2.45) is 11.3 Å². The van der Waals surface area contributed by atoms with Crippen LogP contribution in [-0.2, 0) is 16.1 Å². The van der Waals surface area contributed by atoms with Crippen LogP contribution in [0.4, 0.5) is 0 Å². The van der Waals surface area contributed by atoms with E-state index in [9.17, 15) is 0 Å². The number of piperidine rings is 1. The molecule has 1 aromatic carbocycles. The summed E-state index contributed by atoms with van der Waals surface area (Å²) in [6.45, 7) is 12.2. The minimum Gasteiger partial charge on any atom is -0.467 e. The monoisotopic (exact) mass is 394 g/mol. The van der Waals surface area contributed by atoms with Crippen LogP contribution in [0.15, 0.2) is 53.0 Å². The molecule has 0 spiro atoms. The normalized spacial score (nSPS) is 28.7. The Balaban J connectivity index is 1.33. The van der Waals surface area contributed by atoms with E-state index < -0.39 is 0 Å². The molecular weight excluding hydrogens is 360 g/mol. The van der Waals surface area contributed by atoms with E-state index in [1.165, 1.54) is 16.7 Å². The van der Waals surface area contributed by atoms with Crippen LogP contribution in [0, 0.1) is 16.7 Å². The molecule has 1 N–H and O–H groups in total. The molecule has 2 fully saturated rings. The molecule has 3 aliphatic rings. The Morgan fingerprint density at radius 2 is 1.79 bits per heavy atom. The van der Waals surface area contributed by atoms with E-state index in [1.54, 1.807) is 0 Å². The summed E-state index contributed by atoms with van der Waals surface area (Å²) in [5.41, 5.74) is 4.55. The van der Waals surface area contributed by atoms with E-state index in [0.29, 0.717) is 12.7 Å². The second kappa shape index (κ2) is 8.08. The Labute approximate surface area is 175 Å². The van der Waals surface area contributed by atoms with Crippen LogP contribution < -0.4 is 0 Å². The highest BCUT2D eigenvalue weighted by molar-refractivity contribution is 5.97. The molecule has 0 amide bonds. The first-order valence-corrected chi connectivity index (χ1v) is 10.9. The molecule has 4 nitrogen and oxygen atoms in total. The molecule has 1 saturated carbocycles. The van der Waals surface area contributed by atoms with Gasteiger partial charge in [0.1, 0.15) is 11.5 Å². The second-order valence-corrected chi connectivity index (χ2v) is 9.28. The van der Waals surface area contributed by atoms with Crippen LogP contribution in [0.25, 0.3) is 0 Å². The number of fused-ring (bicyclic) bond motifs is 1. The first kappa shape index (κ1) is 20.4. The smallest absolute Gasteiger partial charge is 0.101 e. The predicted octanol–water partition coefficient (Wildman–Crippen LogP) is 5.31. The third-order valence-corrected chi connectivity index (χ3v) is 7.05. The number of hydrogen-bond acceptors (Lipinski definition) is 4. The third kappa shape index (κ3) is 4.06. The van der Waals surface area contributed by atoms with Crippen LogP contribution in [0.5, 0.6) is 0 Å². The summed E-state index contributed by atoms with van der Waals surface area (Å²) >= 11 is 0. The Bertz CT molecular complexity index is 834. The molecule has 2 unspecified atom stereocenters. The lowest BCUT2D eigenvalue weighted by Gasteiger charge is -2.37. The molecule has 2 heterocycles. The number of nitrogens with one attached hydrogen (secondary N) is 1. The Morgan fingerprint density at radius 3 is 2.48 bits per heavy atom. The number of hydrogen-bond donors (Lipinski definition) is 1. The van der Waals surface area contributed by atoms with Crippen molar-refractivity contribution in [1.82, 2.24) is 4.90 Å². The Morgan fingerprint density at radius 1 is 1.10 bits per heavy atom. The lowest BCUT2D eigenvalue weighted by atomic mass is 9.82. The molecule has 2 aliphatic heterocycles. The van der Waals surface area contributed by atoms with Gasteiger partial charge in [0.15, 0.2) is 0 Å². The molecule has 0 aromatic heterocycles. The highest BCUT2D eigenvalue weighted by Crippen LogP contribution is 2.50. The van der Waals surface area contributed by atoms with E-state index in [0.717, 1.165) is 56.1 Å². The molecule has 0 bridgehead atoms. The fraction of sp³-hybridized carbons (Fsp3) is 0.560. The number of benzene rings is 1. The molecule has 4 heteroatoms. The molecule has 1 aliphatic carbocycles. The van der Waals surface area contributed by atoms with Gasteiger partial charge in [-0.05, 0) is 56.7 Å². The summed E-state index contributed by atoms with van der Waals surface area (Å²) in [7, 11) is 0. The third-order valence-electron chi connectivity index (χ3n) is 7.05. The van der Waals surface area contributed by atoms with Gasteiger partial charge in [0, 0.05) is 36.7 Å². The van der Waals surface area contributed by atoms with Gasteiger partial charge >= 0.3 is 0 Å². The standard InChI is InChI=1S/C25H34N2O2/c1-17-18(2)29-19(3)22-14-25(4,24(26)23(17)22)16-27-12-10-21(11-13-27)28-15-20-8-6-5-7-9-20/h5-9,21,23,26H,10-16H2,1-4H3. The van der Waals surface area contributed by atoms with Crippen molar-refractivity contribution in [1.29, 1.82) is 5.41 Å². The van der Waals surface area contributed by atoms with Gasteiger partial charge in [-0.1, -0.05) is 37.3 Å². The van der Waals surface area contributed by atoms with Crippen molar-refractivity contribution in [2.45, 2.75) is 59.7 Å². The summed E-state index contributed by atoms with van der Waals surface area (Å²) < 4.78 is 12.1. The van der Waals surface area contributed by atoms with Crippen LogP contribution in [0.2, 0.25) is 0 Å². The second-order valence-electron chi connectivity index (χ2n) is 9.28. The van der Waals surface area contributed by atoms with Crippen molar-refractivity contribution in [3.63, 3.8) is 0 Å². The van der Waals surface area contributed by atoms with Gasteiger partial charge in [0.05, 0.1) is 12.7 Å². The molecule has 29 heavy (non-hydrogen) atoms. The van der Waals surface area contributed by atoms with Gasteiger partial charge in [-0.15, -0.1) is 0 Å². The topological polar surface area (TPSA) is 45.6 Å². The Kier molecular flexibility index (Phi) is 5.67. The fourth-order valence-corrected chi connectivity index (χ4v) is 5.18. The maximum Gasteiger partial charge on any atom is 0.101 e. The minimum absolute atomic E-state index is 0.103. The van der Waals surface area contributed by atoms with Crippen LogP contribution in [0.1, 0.15) is 52.5 Å². The largest absolute Gasteiger partial charge is 0.467 e. The van der Waals surface area contributed by atoms with Gasteiger partial charge < -0.3 is 19.8 Å². The highest BCUT2D eigenvalue weighted by atomic mass is 16.5. The lowest BCUT2D eigenvalue weighted by Crippen LogP contribution is -2.44. The molecule has 156 valence electrons. The number of allylic oxidation sites excluding steroid dienone is 4. The van der Waals surface area contributed by atoms with Gasteiger partial charge in [0.2, 0.25) is 0 Å². The van der Waals surface area contributed by atoms with E-state index >= 15 is 0 Å². The van der Waals surface area contributed by atoms with Crippen LogP contribution in [-0.4, -0.2) is 36.3 Å². The zero-order valence-electron chi connectivity index (χ0n) is 18.3. The average Bonchev–Trinajstić information content (AvgIpc) is 2.98. The van der Waals surface area contributed by atoms with E-state index in [-0.39, 0.29) is 11.3 Å². The summed E-state index contributed by atoms with van der Waals surface area (Å²) in [6, 6.07) is 10.4. The van der Waals surface area contributed by atoms with E-state index in [4.69, 9.17) is 14.9 Å². The predicted molar refractivity (Wildman–Crippen MR) is 117 cm³/mol. The van der Waals surface area contributed by atoms with Gasteiger partial charge in [-0.25, -0.2) is 0 Å². The lowest BCUT2D eigenvalue weighted by molar-refractivity contribution is -0.00626. The van der Waals surface area contributed by atoms with Crippen molar-refractivity contribution in [3.05, 3.63) is 58.6 Å². The van der Waals surface area contributed by atoms with Gasteiger partial charge in [-0.3, -0.25) is 0 Å². The fourth-order valence-electron chi connectivity index (χ4n) is 5.18. The van der Waals surface area contributed by atoms with Crippen LogP contribution >= 0.6 is 0 Å². The molecule has 1 saturated heterocycles. The summed E-state index contributed by atoms with van der Waals surface area (Å²) in [5.74, 6) is 2.14. The van der Waals surface area contributed by atoms with Crippen molar-refractivity contribution in [2.75, 3.05) is 19.6 Å². The molecule has 2 atom stereocenters. The van der Waals surface area contributed by atoms with Gasteiger partial charge in [0.25, 0.3) is 0 Å². The van der Waals surface area contributed by atoms with Crippen molar-refractivity contribution < 1.29 is 9.47 Å². The summed E-state index contributed by atoms with van der Waals surface area (Å²) in [5, 5.41) is 8.98. The summed E-state index contributed by atoms with van der Waals surface area (Å²) in [4.78, 5) is 2.54. The van der Waals surface area contributed by atoms with Crippen LogP contribution in [0.3, 0.4) is 0 Å². The average molecular weight is 395 g/mol. The maximum absolute atomic E-state index is 8.98. The SMILES string of the molecule is CC1=C(C)C2C(=N)C(C)(CN3CCC(OCc4ccccc4)CC3)CC2=C(C)O1. The number of nitrogens with zero attached hydrogens (tertiary/aromatic N) is 1. The van der Waals surface area contributed by atoms with E-state index in [1.807, 2.05) is 13.0 Å². The van der Waals surface area contributed by atoms with Crippen molar-refractivity contribution >= 4 is 5.71 Å². The number of ether oxygens (including phenoxy) is 2. The van der Waals surface area contributed by atoms with E-state index in [2.05, 4.69) is 49.9 Å². The first-order valence-electron chi connectivity index (χ1n) is 10.9. The molecule has 0 radical (unpaired) electrons. The quantitative estimate of drug-likeness (QED) is 0.736. The number of likely N-dealkylation sites (tertiary alicyclic amines) is 1. The zero-order valence-corrected chi connectivity index (χ0v) is 18.3. The first-order chi connectivity index (χ1) is 13.9. The maximum atomic E-state index is 8.98. The Hall–Kier alpha value is -1.91. The number of rotatable bonds is 5. The minimum atomic E-state index is -0.103. The van der Waals surface area contributed by atoms with Gasteiger partial charge in [-0.2, -0.15) is 0 Å². The molecule has 1 aromatic rings. The molecular formula is C25H34N2O2. The highest BCUT2D eigenvalue weighted by Gasteiger charge is 2.48.